The van der Waals surface area contributed by atoms with Crippen LogP contribution in [0.1, 0.15) is 47.8 Å². The predicted molar refractivity (Wildman–Crippen MR) is 136 cm³/mol. The number of hydrogen-bond donors (Lipinski definition) is 2. The Morgan fingerprint density at radius 2 is 1.89 bits per heavy atom. The molecular weight excluding hydrogens is 480 g/mol. The molecule has 0 saturated heterocycles. The summed E-state index contributed by atoms with van der Waals surface area (Å²) >= 11 is 0. The Morgan fingerprint density at radius 3 is 2.50 bits per heavy atom. The lowest BCUT2D eigenvalue weighted by Crippen LogP contribution is -2.06. The third-order valence-corrected chi connectivity index (χ3v) is 7.34. The van der Waals surface area contributed by atoms with E-state index in [-0.39, 0.29) is 22.2 Å². The van der Waals surface area contributed by atoms with Crippen LogP contribution in [-0.2, 0) is 27.5 Å². The predicted octanol–water partition coefficient (Wildman–Crippen LogP) is 5.19. The monoisotopic (exact) mass is 508 g/mol. The van der Waals surface area contributed by atoms with Gasteiger partial charge in [-0.3, -0.25) is 4.79 Å². The molecule has 1 fully saturated rings. The summed E-state index contributed by atoms with van der Waals surface area (Å²) in [6, 6.07) is 15.0. The van der Waals surface area contributed by atoms with Crippen molar-refractivity contribution in [3.63, 3.8) is 0 Å². The van der Waals surface area contributed by atoms with Gasteiger partial charge in [-0.2, -0.15) is 0 Å². The van der Waals surface area contributed by atoms with Gasteiger partial charge in [-0.05, 0) is 85.3 Å². The van der Waals surface area contributed by atoms with E-state index in [0.29, 0.717) is 48.7 Å². The molecule has 2 N–H and O–H groups in total. The fourth-order valence-corrected chi connectivity index (χ4v) is 4.99. The summed E-state index contributed by atoms with van der Waals surface area (Å²) in [6.07, 6.45) is 4.26. The van der Waals surface area contributed by atoms with Crippen molar-refractivity contribution in [3.05, 3.63) is 71.4 Å². The third-order valence-electron chi connectivity index (χ3n) is 6.21. The molecule has 1 unspecified atom stereocenters. The van der Waals surface area contributed by atoms with Gasteiger partial charge in [0, 0.05) is 24.8 Å². The van der Waals surface area contributed by atoms with Crippen LogP contribution in [-0.4, -0.2) is 36.5 Å². The zero-order valence-corrected chi connectivity index (χ0v) is 21.0. The maximum atomic E-state index is 11.8. The minimum atomic E-state index is -3.30. The number of ether oxygens (including phenoxy) is 1. The van der Waals surface area contributed by atoms with Crippen LogP contribution in [0.15, 0.2) is 59.5 Å². The number of ketones is 1. The first-order valence-corrected chi connectivity index (χ1v) is 13.6. The second-order valence-electron chi connectivity index (χ2n) is 8.99. The van der Waals surface area contributed by atoms with E-state index in [1.807, 2.05) is 25.1 Å². The average molecular weight is 509 g/mol. The fourth-order valence-electron chi connectivity index (χ4n) is 4.36. The number of sulfone groups is 1. The Balaban J connectivity index is 1.61. The molecule has 1 heterocycles. The van der Waals surface area contributed by atoms with Crippen molar-refractivity contribution in [2.24, 2.45) is 5.92 Å². The number of carbonyl (C=O) groups is 2. The van der Waals surface area contributed by atoms with E-state index in [0.717, 1.165) is 23.9 Å². The third kappa shape index (κ3) is 6.09. The Morgan fingerprint density at radius 1 is 1.14 bits per heavy atom. The number of carbonyl (C=O) groups excluding carboxylic acids is 1. The summed E-state index contributed by atoms with van der Waals surface area (Å²) in [6.45, 7) is 1.86. The average Bonchev–Trinajstić information content (AvgIpc) is 3.24. The number of anilines is 2. The first kappa shape index (κ1) is 25.4. The SMILES string of the molecule is CCc1nc(Nc2ccc(Oc3ccc(S(C)(=O)=O)cc3)c(CC3CCC(=O)C3)c2)ccc1C(=O)O. The number of rotatable bonds is 9. The lowest BCUT2D eigenvalue weighted by molar-refractivity contribution is -0.117. The molecule has 0 aliphatic heterocycles. The number of aromatic carboxylic acids is 1. The van der Waals surface area contributed by atoms with Gasteiger partial charge in [-0.25, -0.2) is 18.2 Å². The second-order valence-corrected chi connectivity index (χ2v) is 11.0. The molecule has 0 spiro atoms. The molecule has 0 bridgehead atoms. The Labute approximate surface area is 210 Å². The van der Waals surface area contributed by atoms with Crippen molar-refractivity contribution in [3.8, 4) is 11.5 Å². The van der Waals surface area contributed by atoms with Gasteiger partial charge in [0.2, 0.25) is 0 Å². The normalized spacial score (nSPS) is 15.6. The minimum Gasteiger partial charge on any atom is -0.478 e. The molecule has 1 atom stereocenters. The Bertz CT molecular complexity index is 1400. The van der Waals surface area contributed by atoms with Crippen molar-refractivity contribution in [2.75, 3.05) is 11.6 Å². The van der Waals surface area contributed by atoms with Crippen LogP contribution in [0.25, 0.3) is 0 Å². The van der Waals surface area contributed by atoms with E-state index < -0.39 is 15.8 Å². The molecule has 36 heavy (non-hydrogen) atoms. The quantitative estimate of drug-likeness (QED) is 0.405. The molecule has 0 amide bonds. The zero-order valence-electron chi connectivity index (χ0n) is 20.2. The van der Waals surface area contributed by atoms with Crippen molar-refractivity contribution in [1.29, 1.82) is 0 Å². The minimum absolute atomic E-state index is 0.181. The number of nitrogens with one attached hydrogen (secondary N) is 1. The van der Waals surface area contributed by atoms with Crippen molar-refractivity contribution in [1.82, 2.24) is 4.98 Å². The molecule has 0 radical (unpaired) electrons. The summed E-state index contributed by atoms with van der Waals surface area (Å²) in [5.74, 6) is 1.14. The van der Waals surface area contributed by atoms with Crippen LogP contribution in [0.4, 0.5) is 11.5 Å². The van der Waals surface area contributed by atoms with Crippen LogP contribution in [0.5, 0.6) is 11.5 Å². The molecular formula is C27H28N2O6S. The van der Waals surface area contributed by atoms with Gasteiger partial charge in [-0.15, -0.1) is 0 Å². The molecule has 3 aromatic rings. The number of carboxylic acid groups (broad SMARTS) is 1. The maximum absolute atomic E-state index is 11.8. The van der Waals surface area contributed by atoms with E-state index in [9.17, 15) is 23.1 Å². The lowest BCUT2D eigenvalue weighted by atomic mass is 9.97. The highest BCUT2D eigenvalue weighted by Crippen LogP contribution is 2.34. The highest BCUT2D eigenvalue weighted by molar-refractivity contribution is 7.90. The van der Waals surface area contributed by atoms with Gasteiger partial charge >= 0.3 is 5.97 Å². The number of aromatic nitrogens is 1. The first-order chi connectivity index (χ1) is 17.1. The van der Waals surface area contributed by atoms with Crippen molar-refractivity contribution in [2.45, 2.75) is 43.9 Å². The summed E-state index contributed by atoms with van der Waals surface area (Å²) in [7, 11) is -3.30. The molecule has 188 valence electrons. The maximum Gasteiger partial charge on any atom is 0.337 e. The van der Waals surface area contributed by atoms with E-state index in [4.69, 9.17) is 4.74 Å². The largest absolute Gasteiger partial charge is 0.478 e. The van der Waals surface area contributed by atoms with Crippen LogP contribution in [0.3, 0.4) is 0 Å². The summed E-state index contributed by atoms with van der Waals surface area (Å²) in [4.78, 5) is 27.9. The Hall–Kier alpha value is -3.72. The number of carboxylic acids is 1. The van der Waals surface area contributed by atoms with Crippen LogP contribution in [0, 0.1) is 5.92 Å². The summed E-state index contributed by atoms with van der Waals surface area (Å²) in [5.41, 5.74) is 2.34. The molecule has 2 aromatic carbocycles. The van der Waals surface area contributed by atoms with E-state index in [1.165, 1.54) is 12.1 Å². The summed E-state index contributed by atoms with van der Waals surface area (Å²) in [5, 5.41) is 12.6. The van der Waals surface area contributed by atoms with E-state index >= 15 is 0 Å². The molecule has 8 nitrogen and oxygen atoms in total. The Kier molecular flexibility index (Phi) is 7.40. The van der Waals surface area contributed by atoms with Crippen molar-refractivity contribution < 1.29 is 27.9 Å². The number of benzene rings is 2. The van der Waals surface area contributed by atoms with Crippen LogP contribution < -0.4 is 10.1 Å². The number of nitrogens with zero attached hydrogens (tertiary/aromatic N) is 1. The topological polar surface area (TPSA) is 123 Å². The second kappa shape index (κ2) is 10.5. The van der Waals surface area contributed by atoms with E-state index in [1.54, 1.807) is 24.3 Å². The number of aryl methyl sites for hydroxylation is 1. The van der Waals surface area contributed by atoms with Gasteiger partial charge in [0.05, 0.1) is 16.2 Å². The van der Waals surface area contributed by atoms with Gasteiger partial charge in [0.15, 0.2) is 9.84 Å². The molecule has 1 saturated carbocycles. The number of hydrogen-bond acceptors (Lipinski definition) is 7. The number of pyridine rings is 1. The van der Waals surface area contributed by atoms with Gasteiger partial charge in [0.25, 0.3) is 0 Å². The highest BCUT2D eigenvalue weighted by atomic mass is 32.2. The first-order valence-electron chi connectivity index (χ1n) is 11.7. The zero-order chi connectivity index (χ0) is 25.9. The standard InChI is InChI=1S/C27H28N2O6S/c1-3-24-23(27(31)32)11-13-26(29-24)28-19-5-12-25(18(16-19)14-17-4-6-20(30)15-17)35-21-7-9-22(10-8-21)36(2,33)34/h5,7-13,16-17H,3-4,6,14-15H2,1-2H3,(H,28,29)(H,31,32). The van der Waals surface area contributed by atoms with Crippen LogP contribution in [0.2, 0.25) is 0 Å². The molecule has 1 aliphatic carbocycles. The van der Waals surface area contributed by atoms with Gasteiger partial charge in [-0.1, -0.05) is 6.92 Å². The smallest absolute Gasteiger partial charge is 0.337 e. The molecule has 1 aliphatic rings. The lowest BCUT2D eigenvalue weighted by Gasteiger charge is -2.17. The summed E-state index contributed by atoms with van der Waals surface area (Å²) < 4.78 is 29.6. The highest BCUT2D eigenvalue weighted by Gasteiger charge is 2.24. The van der Waals surface area contributed by atoms with Gasteiger partial charge < -0.3 is 15.2 Å². The molecule has 9 heteroatoms. The van der Waals surface area contributed by atoms with E-state index in [2.05, 4.69) is 10.3 Å². The molecule has 1 aromatic heterocycles. The van der Waals surface area contributed by atoms with Crippen molar-refractivity contribution >= 4 is 33.1 Å². The molecule has 4 rings (SSSR count). The fraction of sp³-hybridized carbons (Fsp3) is 0.296. The number of Topliss-reactive ketones (excluding diaryl/α,β-unsaturated/α-hetero) is 1. The van der Waals surface area contributed by atoms with Crippen LogP contribution >= 0.6 is 0 Å². The van der Waals surface area contributed by atoms with Gasteiger partial charge in [0.1, 0.15) is 23.1 Å².